The van der Waals surface area contributed by atoms with Crippen LogP contribution in [0.1, 0.15) is 17.9 Å². The summed E-state index contributed by atoms with van der Waals surface area (Å²) < 4.78 is 1.02. The minimum absolute atomic E-state index is 0. The van der Waals surface area contributed by atoms with E-state index in [4.69, 9.17) is 5.11 Å². The molecule has 2 atom stereocenters. The summed E-state index contributed by atoms with van der Waals surface area (Å²) in [6.45, 7) is 0.775. The number of hydrogen-bond acceptors (Lipinski definition) is 2. The van der Waals surface area contributed by atoms with Crippen LogP contribution in [0.5, 0.6) is 0 Å². The van der Waals surface area contributed by atoms with Gasteiger partial charge in [0.2, 0.25) is 0 Å². The average Bonchev–Trinajstić information content (AvgIpc) is 2.67. The summed E-state index contributed by atoms with van der Waals surface area (Å²) in [6.07, 6.45) is 0.887. The zero-order valence-electron chi connectivity index (χ0n) is 8.52. The second kappa shape index (κ2) is 5.66. The summed E-state index contributed by atoms with van der Waals surface area (Å²) >= 11 is 3.37. The highest BCUT2D eigenvalue weighted by atomic mass is 79.9. The number of rotatable bonds is 2. The molecule has 0 amide bonds. The lowest BCUT2D eigenvalue weighted by molar-refractivity contribution is -0.139. The van der Waals surface area contributed by atoms with E-state index in [1.807, 2.05) is 24.3 Å². The molecule has 3 nitrogen and oxygen atoms in total. The minimum atomic E-state index is -0.764. The third-order valence-corrected chi connectivity index (χ3v) is 3.31. The van der Waals surface area contributed by atoms with Crippen molar-refractivity contribution in [2.24, 2.45) is 0 Å². The number of hydrogen-bond donors (Lipinski definition) is 2. The summed E-state index contributed by atoms with van der Waals surface area (Å²) in [7, 11) is 0. The van der Waals surface area contributed by atoms with Crippen LogP contribution in [0, 0.1) is 0 Å². The second-order valence-corrected chi connectivity index (χ2v) is 4.63. The van der Waals surface area contributed by atoms with Crippen LogP contribution in [0.15, 0.2) is 28.7 Å². The fourth-order valence-corrected chi connectivity index (χ4v) is 2.30. The lowest BCUT2D eigenvalue weighted by Crippen LogP contribution is -2.34. The number of benzene rings is 1. The third-order valence-electron chi connectivity index (χ3n) is 2.79. The predicted octanol–water partition coefficient (Wildman–Crippen LogP) is 2.40. The molecule has 0 bridgehead atoms. The Morgan fingerprint density at radius 3 is 2.56 bits per heavy atom. The van der Waals surface area contributed by atoms with Gasteiger partial charge in [0.05, 0.1) is 0 Å². The minimum Gasteiger partial charge on any atom is -0.480 e. The van der Waals surface area contributed by atoms with Crippen molar-refractivity contribution in [3.8, 4) is 0 Å². The molecule has 88 valence electrons. The molecule has 1 aliphatic heterocycles. The third kappa shape index (κ3) is 2.75. The highest BCUT2D eigenvalue weighted by Gasteiger charge is 2.33. The fraction of sp³-hybridized carbons (Fsp3) is 0.364. The Kier molecular flexibility index (Phi) is 4.77. The molecule has 1 saturated heterocycles. The number of carbonyl (C=O) groups is 1. The molecule has 2 N–H and O–H groups in total. The Hall–Kier alpha value is -0.580. The number of aliphatic carboxylic acids is 1. The summed E-state index contributed by atoms with van der Waals surface area (Å²) in [5, 5.41) is 12.0. The molecule has 0 unspecified atom stereocenters. The molecule has 0 aliphatic carbocycles. The van der Waals surface area contributed by atoms with Crippen LogP contribution >= 0.6 is 28.3 Å². The number of carboxylic acids is 1. The first-order valence-electron chi connectivity index (χ1n) is 4.90. The molecule has 1 aromatic rings. The lowest BCUT2D eigenvalue weighted by atomic mass is 9.92. The molecule has 0 saturated carbocycles. The van der Waals surface area contributed by atoms with Gasteiger partial charge in [-0.3, -0.25) is 4.79 Å². The van der Waals surface area contributed by atoms with E-state index in [0.717, 1.165) is 23.0 Å². The Bertz CT molecular complexity index is 369. The Labute approximate surface area is 109 Å². The Morgan fingerprint density at radius 1 is 1.38 bits per heavy atom. The van der Waals surface area contributed by atoms with Crippen molar-refractivity contribution in [2.45, 2.75) is 18.4 Å². The summed E-state index contributed by atoms with van der Waals surface area (Å²) in [5.74, 6) is -0.670. The van der Waals surface area contributed by atoms with Gasteiger partial charge < -0.3 is 10.4 Å². The zero-order valence-corrected chi connectivity index (χ0v) is 10.9. The van der Waals surface area contributed by atoms with E-state index in [1.54, 1.807) is 0 Å². The first-order valence-corrected chi connectivity index (χ1v) is 5.69. The maximum absolute atomic E-state index is 11.0. The molecule has 16 heavy (non-hydrogen) atoms. The van der Waals surface area contributed by atoms with E-state index < -0.39 is 12.0 Å². The second-order valence-electron chi connectivity index (χ2n) is 3.72. The van der Waals surface area contributed by atoms with Crippen molar-refractivity contribution in [3.05, 3.63) is 34.3 Å². The zero-order chi connectivity index (χ0) is 10.8. The maximum atomic E-state index is 11.0. The van der Waals surface area contributed by atoms with Crippen molar-refractivity contribution in [3.63, 3.8) is 0 Å². The highest BCUT2D eigenvalue weighted by molar-refractivity contribution is 9.10. The molecule has 1 fully saturated rings. The molecule has 5 heteroatoms. The number of carboxylic acid groups (broad SMARTS) is 1. The lowest BCUT2D eigenvalue weighted by Gasteiger charge is -2.15. The van der Waals surface area contributed by atoms with E-state index in [2.05, 4.69) is 21.2 Å². The summed E-state index contributed by atoms with van der Waals surface area (Å²) in [6, 6.07) is 7.43. The topological polar surface area (TPSA) is 49.3 Å². The summed E-state index contributed by atoms with van der Waals surface area (Å²) in [5.41, 5.74) is 1.09. The molecule has 1 aromatic carbocycles. The van der Waals surface area contributed by atoms with Crippen LogP contribution in [-0.4, -0.2) is 23.7 Å². The SMILES string of the molecule is Cl.O=C(O)[C@H]1NCC[C@@H]1c1ccc(Br)cc1. The van der Waals surface area contributed by atoms with Gasteiger partial charge in [-0.2, -0.15) is 0 Å². The van der Waals surface area contributed by atoms with Crippen LogP contribution in [-0.2, 0) is 4.79 Å². The summed E-state index contributed by atoms with van der Waals surface area (Å²) in [4.78, 5) is 11.0. The highest BCUT2D eigenvalue weighted by Crippen LogP contribution is 2.28. The van der Waals surface area contributed by atoms with Gasteiger partial charge >= 0.3 is 5.97 Å². The quantitative estimate of drug-likeness (QED) is 0.882. The largest absolute Gasteiger partial charge is 0.480 e. The van der Waals surface area contributed by atoms with Crippen LogP contribution in [0.3, 0.4) is 0 Å². The Balaban J connectivity index is 0.00000128. The van der Waals surface area contributed by atoms with Crippen LogP contribution < -0.4 is 5.32 Å². The fourth-order valence-electron chi connectivity index (χ4n) is 2.03. The van der Waals surface area contributed by atoms with E-state index in [1.165, 1.54) is 0 Å². The van der Waals surface area contributed by atoms with Crippen molar-refractivity contribution < 1.29 is 9.90 Å². The van der Waals surface area contributed by atoms with Crippen molar-refractivity contribution in [2.75, 3.05) is 6.54 Å². The molecule has 1 heterocycles. The van der Waals surface area contributed by atoms with Gasteiger partial charge in [-0.1, -0.05) is 28.1 Å². The molecular weight excluding hydrogens is 293 g/mol. The predicted molar refractivity (Wildman–Crippen MR) is 68.2 cm³/mol. The van der Waals surface area contributed by atoms with Crippen molar-refractivity contribution in [1.82, 2.24) is 5.32 Å². The van der Waals surface area contributed by atoms with E-state index in [9.17, 15) is 4.79 Å². The van der Waals surface area contributed by atoms with Crippen molar-refractivity contribution in [1.29, 1.82) is 0 Å². The van der Waals surface area contributed by atoms with Crippen LogP contribution in [0.25, 0.3) is 0 Å². The van der Waals surface area contributed by atoms with Gasteiger partial charge in [0, 0.05) is 10.4 Å². The van der Waals surface area contributed by atoms with Crippen LogP contribution in [0.4, 0.5) is 0 Å². The van der Waals surface area contributed by atoms with Gasteiger partial charge in [0.15, 0.2) is 0 Å². The number of nitrogens with one attached hydrogen (secondary N) is 1. The molecule has 2 rings (SSSR count). The van der Waals surface area contributed by atoms with Crippen LogP contribution in [0.2, 0.25) is 0 Å². The van der Waals surface area contributed by atoms with E-state index in [0.29, 0.717) is 0 Å². The van der Waals surface area contributed by atoms with E-state index >= 15 is 0 Å². The molecular formula is C11H13BrClNO2. The van der Waals surface area contributed by atoms with Gasteiger partial charge in [-0.15, -0.1) is 12.4 Å². The van der Waals surface area contributed by atoms with Gasteiger partial charge in [0.25, 0.3) is 0 Å². The van der Waals surface area contributed by atoms with Gasteiger partial charge in [-0.25, -0.2) is 0 Å². The maximum Gasteiger partial charge on any atom is 0.321 e. The molecule has 0 spiro atoms. The first kappa shape index (κ1) is 13.5. The average molecular weight is 307 g/mol. The van der Waals surface area contributed by atoms with E-state index in [-0.39, 0.29) is 18.3 Å². The van der Waals surface area contributed by atoms with Gasteiger partial charge in [0.1, 0.15) is 6.04 Å². The Morgan fingerprint density at radius 2 is 2.00 bits per heavy atom. The smallest absolute Gasteiger partial charge is 0.321 e. The molecule has 1 aliphatic rings. The van der Waals surface area contributed by atoms with Gasteiger partial charge in [-0.05, 0) is 30.7 Å². The monoisotopic (exact) mass is 305 g/mol. The first-order chi connectivity index (χ1) is 7.18. The number of halogens is 2. The molecule has 0 radical (unpaired) electrons. The normalized spacial score (nSPS) is 23.8. The van der Waals surface area contributed by atoms with Crippen molar-refractivity contribution >= 4 is 34.3 Å². The molecule has 0 aromatic heterocycles. The standard InChI is InChI=1S/C11H12BrNO2.ClH/c12-8-3-1-7(2-4-8)9-5-6-13-10(9)11(14)15;/h1-4,9-10,13H,5-6H2,(H,14,15);1H/t9-,10+;/m1./s1.